The van der Waals surface area contributed by atoms with Crippen LogP contribution in [0.15, 0.2) is 66.4 Å². The molecule has 0 aliphatic rings. The van der Waals surface area contributed by atoms with Crippen LogP contribution in [0.25, 0.3) is 12.2 Å². The lowest BCUT2D eigenvalue weighted by Gasteiger charge is -2.07. The molecule has 0 aromatic heterocycles. The summed E-state index contributed by atoms with van der Waals surface area (Å²) in [6.07, 6.45) is 4.57. The first-order valence-corrected chi connectivity index (χ1v) is 7.60. The van der Waals surface area contributed by atoms with E-state index in [0.29, 0.717) is 5.75 Å². The minimum absolute atomic E-state index is 0.0513. The van der Waals surface area contributed by atoms with Crippen molar-refractivity contribution >= 4 is 24.0 Å². The average Bonchev–Trinajstić information content (AvgIpc) is 2.66. The Kier molecular flexibility index (Phi) is 6.54. The van der Waals surface area contributed by atoms with Crippen LogP contribution in [0.2, 0.25) is 0 Å². The molecule has 5 heteroatoms. The number of esters is 1. The number of carbonyl (C=O) groups excluding carboxylic acids is 2. The molecule has 0 fully saturated rings. The van der Waals surface area contributed by atoms with E-state index in [-0.39, 0.29) is 5.70 Å². The van der Waals surface area contributed by atoms with Crippen molar-refractivity contribution < 1.29 is 19.1 Å². The highest BCUT2D eigenvalue weighted by Crippen LogP contribution is 2.14. The van der Waals surface area contributed by atoms with Crippen LogP contribution < -0.4 is 10.1 Å². The number of ether oxygens (including phenoxy) is 2. The van der Waals surface area contributed by atoms with Crippen molar-refractivity contribution in [3.63, 3.8) is 0 Å². The Balaban J connectivity index is 2.14. The Morgan fingerprint density at radius 1 is 0.920 bits per heavy atom. The predicted octanol–water partition coefficient (Wildman–Crippen LogP) is 3.04. The zero-order valence-corrected chi connectivity index (χ0v) is 14.1. The Morgan fingerprint density at radius 2 is 1.60 bits per heavy atom. The van der Waals surface area contributed by atoms with Crippen LogP contribution in [0.1, 0.15) is 11.1 Å². The third-order valence-electron chi connectivity index (χ3n) is 3.32. The molecule has 0 aliphatic heterocycles. The minimum atomic E-state index is -0.628. The van der Waals surface area contributed by atoms with Crippen LogP contribution in [-0.4, -0.2) is 26.1 Å². The number of methoxy groups -OCH3 is 2. The van der Waals surface area contributed by atoms with Crippen LogP contribution in [-0.2, 0) is 14.3 Å². The van der Waals surface area contributed by atoms with E-state index in [1.165, 1.54) is 13.2 Å². The maximum atomic E-state index is 12.1. The summed E-state index contributed by atoms with van der Waals surface area (Å²) in [4.78, 5) is 24.0. The third-order valence-corrected chi connectivity index (χ3v) is 3.32. The van der Waals surface area contributed by atoms with E-state index in [9.17, 15) is 9.59 Å². The molecule has 0 heterocycles. The monoisotopic (exact) mass is 337 g/mol. The van der Waals surface area contributed by atoms with Crippen molar-refractivity contribution in [3.8, 4) is 5.75 Å². The molecule has 25 heavy (non-hydrogen) atoms. The lowest BCUT2D eigenvalue weighted by atomic mass is 10.2. The average molecular weight is 337 g/mol. The topological polar surface area (TPSA) is 64.6 Å². The van der Waals surface area contributed by atoms with Crippen molar-refractivity contribution in [1.29, 1.82) is 0 Å². The summed E-state index contributed by atoms with van der Waals surface area (Å²) in [5, 5.41) is 2.54. The first-order valence-electron chi connectivity index (χ1n) is 7.60. The van der Waals surface area contributed by atoms with Crippen molar-refractivity contribution in [2.75, 3.05) is 14.2 Å². The van der Waals surface area contributed by atoms with Gasteiger partial charge in [0.15, 0.2) is 0 Å². The van der Waals surface area contributed by atoms with Gasteiger partial charge in [-0.15, -0.1) is 0 Å². The molecule has 128 valence electrons. The van der Waals surface area contributed by atoms with Gasteiger partial charge < -0.3 is 14.8 Å². The van der Waals surface area contributed by atoms with Gasteiger partial charge in [-0.25, -0.2) is 4.79 Å². The molecule has 0 unspecified atom stereocenters. The van der Waals surface area contributed by atoms with Crippen LogP contribution in [0.5, 0.6) is 5.75 Å². The zero-order valence-electron chi connectivity index (χ0n) is 14.1. The number of hydrogen-bond donors (Lipinski definition) is 1. The molecular weight excluding hydrogens is 318 g/mol. The molecule has 0 aliphatic carbocycles. The number of benzene rings is 2. The summed E-state index contributed by atoms with van der Waals surface area (Å²) >= 11 is 0. The fourth-order valence-corrected chi connectivity index (χ4v) is 2.03. The second kappa shape index (κ2) is 9.08. The molecule has 2 aromatic rings. The van der Waals surface area contributed by atoms with Crippen LogP contribution in [0, 0.1) is 0 Å². The molecule has 2 rings (SSSR count). The van der Waals surface area contributed by atoms with E-state index in [1.54, 1.807) is 43.5 Å². The highest BCUT2D eigenvalue weighted by molar-refractivity contribution is 6.02. The smallest absolute Gasteiger partial charge is 0.354 e. The van der Waals surface area contributed by atoms with Gasteiger partial charge >= 0.3 is 5.97 Å². The maximum absolute atomic E-state index is 12.1. The molecule has 2 aromatic carbocycles. The van der Waals surface area contributed by atoms with E-state index in [0.717, 1.165) is 11.1 Å². The second-order valence-corrected chi connectivity index (χ2v) is 5.06. The Bertz CT molecular complexity index is 777. The Morgan fingerprint density at radius 3 is 2.20 bits per heavy atom. The van der Waals surface area contributed by atoms with Gasteiger partial charge in [-0.05, 0) is 35.4 Å². The van der Waals surface area contributed by atoms with Gasteiger partial charge in [-0.1, -0.05) is 42.5 Å². The number of nitrogens with one attached hydrogen (secondary N) is 1. The first-order chi connectivity index (χ1) is 12.1. The number of rotatable bonds is 6. The van der Waals surface area contributed by atoms with Crippen molar-refractivity contribution in [2.24, 2.45) is 0 Å². The molecular formula is C20H19NO4. The summed E-state index contributed by atoms with van der Waals surface area (Å²) in [6.45, 7) is 0. The maximum Gasteiger partial charge on any atom is 0.354 e. The van der Waals surface area contributed by atoms with Gasteiger partial charge in [0.2, 0.25) is 5.91 Å². The zero-order chi connectivity index (χ0) is 18.1. The normalized spacial score (nSPS) is 11.2. The Hall–Kier alpha value is -3.34. The van der Waals surface area contributed by atoms with Gasteiger partial charge in [-0.2, -0.15) is 0 Å². The van der Waals surface area contributed by atoms with Crippen LogP contribution in [0.4, 0.5) is 0 Å². The van der Waals surface area contributed by atoms with E-state index in [1.807, 2.05) is 30.3 Å². The van der Waals surface area contributed by atoms with E-state index < -0.39 is 11.9 Å². The quantitative estimate of drug-likeness (QED) is 0.650. The SMILES string of the molecule is COC(=O)/C(=C/c1ccc(OC)cc1)NC(=O)/C=C/c1ccccc1. The number of carbonyl (C=O) groups is 2. The molecule has 0 atom stereocenters. The summed E-state index contributed by atoms with van der Waals surface area (Å²) < 4.78 is 9.81. The largest absolute Gasteiger partial charge is 0.497 e. The fraction of sp³-hybridized carbons (Fsp3) is 0.100. The molecule has 0 saturated heterocycles. The molecule has 1 amide bonds. The highest BCUT2D eigenvalue weighted by atomic mass is 16.5. The van der Waals surface area contributed by atoms with Gasteiger partial charge in [-0.3, -0.25) is 4.79 Å². The molecule has 0 saturated carbocycles. The van der Waals surface area contributed by atoms with Crippen molar-refractivity contribution in [1.82, 2.24) is 5.32 Å². The molecule has 0 bridgehead atoms. The van der Waals surface area contributed by atoms with E-state index >= 15 is 0 Å². The molecule has 0 spiro atoms. The minimum Gasteiger partial charge on any atom is -0.497 e. The lowest BCUT2D eigenvalue weighted by molar-refractivity contribution is -0.137. The van der Waals surface area contributed by atoms with Gasteiger partial charge in [0.05, 0.1) is 14.2 Å². The van der Waals surface area contributed by atoms with Crippen LogP contribution >= 0.6 is 0 Å². The summed E-state index contributed by atoms with van der Waals surface area (Å²) in [7, 11) is 2.83. The predicted molar refractivity (Wildman–Crippen MR) is 96.6 cm³/mol. The number of amides is 1. The standard InChI is InChI=1S/C20H19NO4/c1-24-17-11-8-16(9-12-17)14-18(20(23)25-2)21-19(22)13-10-15-6-4-3-5-7-15/h3-14H,1-2H3,(H,21,22)/b13-10+,18-14-. The van der Waals surface area contributed by atoms with E-state index in [2.05, 4.69) is 5.32 Å². The lowest BCUT2D eigenvalue weighted by Crippen LogP contribution is -2.26. The first kappa shape index (κ1) is 18.0. The third kappa shape index (κ3) is 5.66. The van der Waals surface area contributed by atoms with Crippen molar-refractivity contribution in [3.05, 3.63) is 77.5 Å². The summed E-state index contributed by atoms with van der Waals surface area (Å²) in [5.41, 5.74) is 1.67. The molecule has 0 radical (unpaired) electrons. The van der Waals surface area contributed by atoms with Gasteiger partial charge in [0.1, 0.15) is 11.4 Å². The molecule has 5 nitrogen and oxygen atoms in total. The van der Waals surface area contributed by atoms with E-state index in [4.69, 9.17) is 9.47 Å². The van der Waals surface area contributed by atoms with Crippen molar-refractivity contribution in [2.45, 2.75) is 0 Å². The van der Waals surface area contributed by atoms with Crippen LogP contribution in [0.3, 0.4) is 0 Å². The van der Waals surface area contributed by atoms with Gasteiger partial charge in [0.25, 0.3) is 0 Å². The number of hydrogen-bond acceptors (Lipinski definition) is 4. The second-order valence-electron chi connectivity index (χ2n) is 5.06. The van der Waals surface area contributed by atoms with Gasteiger partial charge in [0, 0.05) is 6.08 Å². The Labute approximate surface area is 146 Å². The summed E-state index contributed by atoms with van der Waals surface area (Å²) in [5.74, 6) is -0.349. The summed E-state index contributed by atoms with van der Waals surface area (Å²) in [6, 6.07) is 16.5. The highest BCUT2D eigenvalue weighted by Gasteiger charge is 2.12. The fourth-order valence-electron chi connectivity index (χ4n) is 2.03. The molecule has 1 N–H and O–H groups in total.